The van der Waals surface area contributed by atoms with E-state index in [0.717, 1.165) is 24.9 Å². The van der Waals surface area contributed by atoms with Crippen molar-refractivity contribution in [3.8, 4) is 0 Å². The highest BCUT2D eigenvalue weighted by atomic mass is 32.2. The Labute approximate surface area is 126 Å². The van der Waals surface area contributed by atoms with Gasteiger partial charge in [0.05, 0.1) is 0 Å². The molecule has 0 aromatic heterocycles. The van der Waals surface area contributed by atoms with Gasteiger partial charge in [0.2, 0.25) is 10.0 Å². The van der Waals surface area contributed by atoms with Crippen LogP contribution in [0, 0.1) is 11.2 Å². The fourth-order valence-corrected chi connectivity index (χ4v) is 3.73. The molecule has 118 valence electrons. The lowest BCUT2D eigenvalue weighted by molar-refractivity contribution is 0.540. The number of nitrogens with one attached hydrogen (secondary N) is 2. The maximum atomic E-state index is 13.9. The molecule has 0 amide bonds. The highest BCUT2D eigenvalue weighted by Gasteiger charge is 2.48. The Morgan fingerprint density at radius 1 is 1.38 bits per heavy atom. The van der Waals surface area contributed by atoms with Crippen LogP contribution in [0.1, 0.15) is 39.2 Å². The van der Waals surface area contributed by atoms with Crippen molar-refractivity contribution >= 4 is 10.0 Å². The molecule has 1 atom stereocenters. The van der Waals surface area contributed by atoms with Crippen molar-refractivity contribution < 1.29 is 12.8 Å². The highest BCUT2D eigenvalue weighted by molar-refractivity contribution is 7.89. The lowest BCUT2D eigenvalue weighted by Gasteiger charge is -2.11. The zero-order valence-corrected chi connectivity index (χ0v) is 13.6. The summed E-state index contributed by atoms with van der Waals surface area (Å²) < 4.78 is 41.1. The first kappa shape index (κ1) is 16.4. The van der Waals surface area contributed by atoms with E-state index >= 15 is 0 Å². The van der Waals surface area contributed by atoms with E-state index in [1.165, 1.54) is 12.1 Å². The number of halogens is 1. The lowest BCUT2D eigenvalue weighted by atomic mass is 10.2. The Hall–Kier alpha value is -0.980. The van der Waals surface area contributed by atoms with Crippen LogP contribution in [0.2, 0.25) is 0 Å². The molecular weight excluding hydrogens is 291 g/mol. The van der Waals surface area contributed by atoms with Gasteiger partial charge in [-0.3, -0.25) is 0 Å². The van der Waals surface area contributed by atoms with Crippen LogP contribution in [0.3, 0.4) is 0 Å². The topological polar surface area (TPSA) is 58.2 Å². The first-order valence-corrected chi connectivity index (χ1v) is 8.76. The van der Waals surface area contributed by atoms with Crippen LogP contribution < -0.4 is 10.0 Å². The molecule has 4 nitrogen and oxygen atoms in total. The SMILES string of the molecule is CCCNCc1ccc(F)c(S(=O)(=O)NC2CC2(C)C)c1. The fraction of sp³-hybridized carbons (Fsp3) is 0.600. The predicted octanol–water partition coefficient (Wildman–Crippen LogP) is 2.40. The average Bonchev–Trinajstić information content (AvgIpc) is 2.97. The molecule has 1 saturated carbocycles. The van der Waals surface area contributed by atoms with Gasteiger partial charge in [-0.25, -0.2) is 17.5 Å². The molecule has 0 saturated heterocycles. The molecule has 0 aliphatic heterocycles. The third kappa shape index (κ3) is 4.02. The van der Waals surface area contributed by atoms with Crippen molar-refractivity contribution in [1.29, 1.82) is 0 Å². The third-order valence-corrected chi connectivity index (χ3v) is 5.34. The summed E-state index contributed by atoms with van der Waals surface area (Å²) in [6, 6.07) is 4.13. The minimum Gasteiger partial charge on any atom is -0.313 e. The molecule has 1 unspecified atom stereocenters. The van der Waals surface area contributed by atoms with Gasteiger partial charge in [0.15, 0.2) is 0 Å². The average molecular weight is 314 g/mol. The van der Waals surface area contributed by atoms with Gasteiger partial charge in [0.1, 0.15) is 10.7 Å². The Bertz CT molecular complexity index is 614. The van der Waals surface area contributed by atoms with Crippen LogP contribution in [0.4, 0.5) is 4.39 Å². The summed E-state index contributed by atoms with van der Waals surface area (Å²) >= 11 is 0. The van der Waals surface area contributed by atoms with Crippen LogP contribution in [0.5, 0.6) is 0 Å². The number of rotatable bonds is 7. The maximum Gasteiger partial charge on any atom is 0.243 e. The Morgan fingerprint density at radius 2 is 2.05 bits per heavy atom. The van der Waals surface area contributed by atoms with Crippen molar-refractivity contribution in [2.75, 3.05) is 6.54 Å². The molecule has 1 aliphatic rings. The monoisotopic (exact) mass is 314 g/mol. The summed E-state index contributed by atoms with van der Waals surface area (Å²) in [5.41, 5.74) is 0.726. The summed E-state index contributed by atoms with van der Waals surface area (Å²) in [4.78, 5) is -0.263. The van der Waals surface area contributed by atoms with E-state index in [-0.39, 0.29) is 16.4 Å². The van der Waals surface area contributed by atoms with Crippen molar-refractivity contribution in [1.82, 2.24) is 10.0 Å². The number of sulfonamides is 1. The minimum absolute atomic E-state index is 0.0379. The second-order valence-corrected chi connectivity index (χ2v) is 7.99. The van der Waals surface area contributed by atoms with Gasteiger partial charge in [-0.2, -0.15) is 0 Å². The van der Waals surface area contributed by atoms with Crippen LogP contribution in [0.25, 0.3) is 0 Å². The summed E-state index contributed by atoms with van der Waals surface area (Å²) in [6.45, 7) is 7.40. The fourth-order valence-electron chi connectivity index (χ4n) is 2.19. The predicted molar refractivity (Wildman–Crippen MR) is 80.9 cm³/mol. The zero-order chi connectivity index (χ0) is 15.7. The molecule has 0 bridgehead atoms. The highest BCUT2D eigenvalue weighted by Crippen LogP contribution is 2.45. The van der Waals surface area contributed by atoms with Gasteiger partial charge < -0.3 is 5.32 Å². The van der Waals surface area contributed by atoms with Crippen molar-refractivity contribution in [3.63, 3.8) is 0 Å². The number of hydrogen-bond donors (Lipinski definition) is 2. The smallest absolute Gasteiger partial charge is 0.243 e. The summed E-state index contributed by atoms with van der Waals surface area (Å²) in [6.07, 6.45) is 1.77. The molecule has 0 spiro atoms. The molecular formula is C15H23FN2O2S. The van der Waals surface area contributed by atoms with E-state index in [9.17, 15) is 12.8 Å². The van der Waals surface area contributed by atoms with Crippen LogP contribution >= 0.6 is 0 Å². The standard InChI is InChI=1S/C15H23FN2O2S/c1-4-7-17-10-11-5-6-12(16)13(8-11)21(19,20)18-14-9-15(14,2)3/h5-6,8,14,17-18H,4,7,9-10H2,1-3H3. The summed E-state index contributed by atoms with van der Waals surface area (Å²) in [7, 11) is -3.80. The quantitative estimate of drug-likeness (QED) is 0.760. The van der Waals surface area contributed by atoms with Crippen LogP contribution in [-0.4, -0.2) is 21.0 Å². The molecule has 2 N–H and O–H groups in total. The zero-order valence-electron chi connectivity index (χ0n) is 12.7. The van der Waals surface area contributed by atoms with Gasteiger partial charge in [-0.15, -0.1) is 0 Å². The second-order valence-electron chi connectivity index (χ2n) is 6.31. The molecule has 1 aromatic carbocycles. The van der Waals surface area contributed by atoms with Crippen LogP contribution in [-0.2, 0) is 16.6 Å². The Kier molecular flexibility index (Phi) is 4.70. The van der Waals surface area contributed by atoms with E-state index in [2.05, 4.69) is 17.0 Å². The molecule has 1 aromatic rings. The molecule has 21 heavy (non-hydrogen) atoms. The molecule has 1 aliphatic carbocycles. The van der Waals surface area contributed by atoms with Crippen molar-refractivity contribution in [2.45, 2.75) is 51.1 Å². The lowest BCUT2D eigenvalue weighted by Crippen LogP contribution is -2.29. The molecule has 2 rings (SSSR count). The minimum atomic E-state index is -3.80. The van der Waals surface area contributed by atoms with E-state index < -0.39 is 15.8 Å². The summed E-state index contributed by atoms with van der Waals surface area (Å²) in [5.74, 6) is -0.708. The Morgan fingerprint density at radius 3 is 2.62 bits per heavy atom. The Balaban J connectivity index is 2.15. The van der Waals surface area contributed by atoms with E-state index in [1.54, 1.807) is 6.07 Å². The van der Waals surface area contributed by atoms with E-state index in [4.69, 9.17) is 0 Å². The van der Waals surface area contributed by atoms with Crippen LogP contribution in [0.15, 0.2) is 23.1 Å². The van der Waals surface area contributed by atoms with Gasteiger partial charge in [0, 0.05) is 12.6 Å². The second kappa shape index (κ2) is 6.02. The van der Waals surface area contributed by atoms with E-state index in [1.807, 2.05) is 13.8 Å². The first-order valence-electron chi connectivity index (χ1n) is 7.28. The van der Waals surface area contributed by atoms with Gasteiger partial charge >= 0.3 is 0 Å². The van der Waals surface area contributed by atoms with Gasteiger partial charge in [0.25, 0.3) is 0 Å². The molecule has 0 radical (unpaired) electrons. The molecule has 6 heteroatoms. The maximum absolute atomic E-state index is 13.9. The normalized spacial score (nSPS) is 20.5. The largest absolute Gasteiger partial charge is 0.313 e. The van der Waals surface area contributed by atoms with Crippen molar-refractivity contribution in [2.24, 2.45) is 5.41 Å². The molecule has 0 heterocycles. The third-order valence-electron chi connectivity index (χ3n) is 3.85. The van der Waals surface area contributed by atoms with Crippen molar-refractivity contribution in [3.05, 3.63) is 29.6 Å². The first-order chi connectivity index (χ1) is 9.76. The van der Waals surface area contributed by atoms with Gasteiger partial charge in [-0.1, -0.05) is 26.8 Å². The molecule has 1 fully saturated rings. The van der Waals surface area contributed by atoms with E-state index in [0.29, 0.717) is 6.54 Å². The number of benzene rings is 1. The summed E-state index contributed by atoms with van der Waals surface area (Å²) in [5, 5.41) is 3.18. The number of hydrogen-bond acceptors (Lipinski definition) is 3. The van der Waals surface area contributed by atoms with Gasteiger partial charge in [-0.05, 0) is 42.5 Å².